The predicted molar refractivity (Wildman–Crippen MR) is 76.9 cm³/mol. The van der Waals surface area contributed by atoms with Crippen molar-refractivity contribution in [3.63, 3.8) is 0 Å². The topological polar surface area (TPSA) is 88.8 Å². The molecule has 0 aromatic carbocycles. The number of rotatable bonds is 6. The lowest BCUT2D eigenvalue weighted by Gasteiger charge is -2.14. The highest BCUT2D eigenvalue weighted by Crippen LogP contribution is 2.22. The molecule has 108 valence electrons. The van der Waals surface area contributed by atoms with Gasteiger partial charge in [0.15, 0.2) is 5.82 Å². The summed E-state index contributed by atoms with van der Waals surface area (Å²) in [6.07, 6.45) is 2.02. The van der Waals surface area contributed by atoms with Gasteiger partial charge in [-0.1, -0.05) is 19.0 Å². The molecule has 0 saturated heterocycles. The first-order valence-electron chi connectivity index (χ1n) is 6.67. The Hall–Kier alpha value is -2.18. The van der Waals surface area contributed by atoms with Crippen molar-refractivity contribution in [2.45, 2.75) is 33.1 Å². The fourth-order valence-electron chi connectivity index (χ4n) is 1.80. The molecule has 2 N–H and O–H groups in total. The maximum Gasteiger partial charge on any atom is 0.213 e. The highest BCUT2D eigenvalue weighted by Gasteiger charge is 2.12. The molecule has 7 heteroatoms. The van der Waals surface area contributed by atoms with Crippen molar-refractivity contribution in [3.05, 3.63) is 23.6 Å². The Bertz CT molecular complexity index is 552. The lowest BCUT2D eigenvalue weighted by molar-refractivity contribution is 0.410. The summed E-state index contributed by atoms with van der Waals surface area (Å²) in [7, 11) is 1.86. The van der Waals surface area contributed by atoms with Gasteiger partial charge in [0, 0.05) is 31.5 Å². The summed E-state index contributed by atoms with van der Waals surface area (Å²) in [6.45, 7) is 6.84. The molecule has 0 spiro atoms. The molecular weight excluding hydrogens is 256 g/mol. The molecule has 2 heterocycles. The lowest BCUT2D eigenvalue weighted by atomic mass is 10.2. The normalized spacial score (nSPS) is 10.8. The molecule has 0 fully saturated rings. The van der Waals surface area contributed by atoms with E-state index in [-0.39, 0.29) is 5.92 Å². The third-order valence-corrected chi connectivity index (χ3v) is 2.96. The van der Waals surface area contributed by atoms with Crippen LogP contribution in [0.25, 0.3) is 0 Å². The van der Waals surface area contributed by atoms with E-state index < -0.39 is 0 Å². The number of hydrogen-bond donors (Lipinski definition) is 2. The van der Waals surface area contributed by atoms with Crippen LogP contribution in [0.5, 0.6) is 0 Å². The van der Waals surface area contributed by atoms with Crippen LogP contribution in [0.1, 0.15) is 37.0 Å². The zero-order valence-electron chi connectivity index (χ0n) is 12.3. The number of aromatic nitrogens is 4. The Kier molecular flexibility index (Phi) is 4.49. The monoisotopic (exact) mass is 276 g/mol. The van der Waals surface area contributed by atoms with E-state index in [1.165, 1.54) is 6.39 Å². The highest BCUT2D eigenvalue weighted by atomic mass is 16.5. The van der Waals surface area contributed by atoms with Gasteiger partial charge < -0.3 is 15.2 Å². The van der Waals surface area contributed by atoms with Crippen LogP contribution in [0.15, 0.2) is 10.9 Å². The third-order valence-electron chi connectivity index (χ3n) is 2.96. The first-order valence-corrected chi connectivity index (χ1v) is 6.67. The quantitative estimate of drug-likeness (QED) is 0.834. The average Bonchev–Trinajstić information content (AvgIpc) is 2.93. The fraction of sp³-hybridized carbons (Fsp3) is 0.538. The van der Waals surface area contributed by atoms with E-state index in [1.54, 1.807) is 0 Å². The SMILES string of the molecule is CNc1nc(C(C)C)nc(NCCc2ncon2)c1C. The van der Waals surface area contributed by atoms with E-state index in [1.807, 2.05) is 14.0 Å². The Morgan fingerprint density at radius 2 is 2.00 bits per heavy atom. The maximum absolute atomic E-state index is 4.70. The van der Waals surface area contributed by atoms with Gasteiger partial charge in [0.2, 0.25) is 6.39 Å². The highest BCUT2D eigenvalue weighted by molar-refractivity contribution is 5.57. The first kappa shape index (κ1) is 14.2. The van der Waals surface area contributed by atoms with E-state index in [9.17, 15) is 0 Å². The summed E-state index contributed by atoms with van der Waals surface area (Å²) in [6, 6.07) is 0. The summed E-state index contributed by atoms with van der Waals surface area (Å²) in [5, 5.41) is 10.2. The van der Waals surface area contributed by atoms with Gasteiger partial charge in [-0.3, -0.25) is 0 Å². The molecule has 2 aromatic rings. The van der Waals surface area contributed by atoms with Gasteiger partial charge in [0.05, 0.1) is 0 Å². The minimum absolute atomic E-state index is 0.278. The van der Waals surface area contributed by atoms with E-state index in [0.717, 1.165) is 23.0 Å². The molecule has 0 aliphatic rings. The van der Waals surface area contributed by atoms with E-state index in [0.29, 0.717) is 18.8 Å². The van der Waals surface area contributed by atoms with Gasteiger partial charge in [0.1, 0.15) is 17.5 Å². The zero-order chi connectivity index (χ0) is 14.5. The van der Waals surface area contributed by atoms with Gasteiger partial charge >= 0.3 is 0 Å². The standard InChI is InChI=1S/C13H20N6O/c1-8(2)11-17-12(14-4)9(3)13(18-11)15-6-5-10-16-7-20-19-10/h7-8H,5-6H2,1-4H3,(H2,14,15,17,18). The third kappa shape index (κ3) is 3.23. The molecular formula is C13H20N6O. The molecule has 2 rings (SSSR count). The summed E-state index contributed by atoms with van der Waals surface area (Å²) in [5.74, 6) is 3.48. The first-order chi connectivity index (χ1) is 9.61. The summed E-state index contributed by atoms with van der Waals surface area (Å²) >= 11 is 0. The Morgan fingerprint density at radius 1 is 1.25 bits per heavy atom. The molecule has 0 unspecified atom stereocenters. The number of hydrogen-bond acceptors (Lipinski definition) is 7. The molecule has 7 nitrogen and oxygen atoms in total. The van der Waals surface area contributed by atoms with Crippen molar-refractivity contribution < 1.29 is 4.52 Å². The van der Waals surface area contributed by atoms with Gasteiger partial charge in [0.25, 0.3) is 0 Å². The van der Waals surface area contributed by atoms with Crippen molar-refractivity contribution in [2.75, 3.05) is 24.2 Å². The Labute approximate surface area is 118 Å². The second-order valence-electron chi connectivity index (χ2n) is 4.83. The average molecular weight is 276 g/mol. The molecule has 0 aliphatic heterocycles. The summed E-state index contributed by atoms with van der Waals surface area (Å²) in [4.78, 5) is 13.1. The number of nitrogens with zero attached hydrogens (tertiary/aromatic N) is 4. The van der Waals surface area contributed by atoms with E-state index >= 15 is 0 Å². The number of anilines is 2. The van der Waals surface area contributed by atoms with Crippen LogP contribution in [0.4, 0.5) is 11.6 Å². The maximum atomic E-state index is 4.70. The Morgan fingerprint density at radius 3 is 2.60 bits per heavy atom. The molecule has 0 saturated carbocycles. The minimum atomic E-state index is 0.278. The van der Waals surface area contributed by atoms with Crippen LogP contribution in [-0.2, 0) is 6.42 Å². The van der Waals surface area contributed by atoms with Gasteiger partial charge in [-0.05, 0) is 6.92 Å². The van der Waals surface area contributed by atoms with Crippen molar-refractivity contribution in [3.8, 4) is 0 Å². The van der Waals surface area contributed by atoms with Crippen LogP contribution in [0, 0.1) is 6.92 Å². The van der Waals surface area contributed by atoms with E-state index in [2.05, 4.69) is 44.6 Å². The molecule has 0 amide bonds. The molecule has 0 atom stereocenters. The Balaban J connectivity index is 2.11. The second kappa shape index (κ2) is 6.31. The van der Waals surface area contributed by atoms with Crippen LogP contribution < -0.4 is 10.6 Å². The largest absolute Gasteiger partial charge is 0.373 e. The van der Waals surface area contributed by atoms with Gasteiger partial charge in [-0.15, -0.1) is 0 Å². The summed E-state index contributed by atoms with van der Waals surface area (Å²) < 4.78 is 4.70. The van der Waals surface area contributed by atoms with Crippen LogP contribution in [0.3, 0.4) is 0 Å². The smallest absolute Gasteiger partial charge is 0.213 e. The van der Waals surface area contributed by atoms with Crippen molar-refractivity contribution in [1.82, 2.24) is 20.1 Å². The fourth-order valence-corrected chi connectivity index (χ4v) is 1.80. The molecule has 0 bridgehead atoms. The second-order valence-corrected chi connectivity index (χ2v) is 4.83. The van der Waals surface area contributed by atoms with Gasteiger partial charge in [-0.25, -0.2) is 9.97 Å². The van der Waals surface area contributed by atoms with Crippen molar-refractivity contribution in [1.29, 1.82) is 0 Å². The summed E-state index contributed by atoms with van der Waals surface area (Å²) in [5.41, 5.74) is 1.00. The van der Waals surface area contributed by atoms with Crippen molar-refractivity contribution in [2.24, 2.45) is 0 Å². The predicted octanol–water partition coefficient (Wildman–Crippen LogP) is 1.99. The van der Waals surface area contributed by atoms with Gasteiger partial charge in [-0.2, -0.15) is 4.98 Å². The number of nitrogens with one attached hydrogen (secondary N) is 2. The van der Waals surface area contributed by atoms with Crippen LogP contribution >= 0.6 is 0 Å². The molecule has 0 radical (unpaired) electrons. The minimum Gasteiger partial charge on any atom is -0.373 e. The van der Waals surface area contributed by atoms with Crippen LogP contribution in [0.2, 0.25) is 0 Å². The van der Waals surface area contributed by atoms with Crippen LogP contribution in [-0.4, -0.2) is 33.7 Å². The molecule has 0 aliphatic carbocycles. The van der Waals surface area contributed by atoms with Crippen molar-refractivity contribution >= 4 is 11.6 Å². The molecule has 2 aromatic heterocycles. The zero-order valence-corrected chi connectivity index (χ0v) is 12.3. The lowest BCUT2D eigenvalue weighted by Crippen LogP contribution is -2.13. The van der Waals surface area contributed by atoms with E-state index in [4.69, 9.17) is 4.52 Å². The molecule has 20 heavy (non-hydrogen) atoms.